The topological polar surface area (TPSA) is 91.6 Å². The normalized spacial score (nSPS) is 23.8. The molecule has 3 N–H and O–H groups in total. The largest absolute Gasteiger partial charge is 0.443 e. The molecule has 7 heteroatoms. The standard InChI is InChI=1S/C20H33N5O2/c1-20(2,3)16-11-22-17(27-16)12-23-19(21-4)25-15-7-5-6-13(10-15)18(26)24-14-8-9-14/h11,13-15H,5-10,12H2,1-4H3,(H,24,26)(H2,21,23,25). The van der Waals surface area contributed by atoms with Crippen LogP contribution in [0.15, 0.2) is 15.6 Å². The highest BCUT2D eigenvalue weighted by molar-refractivity contribution is 5.81. The van der Waals surface area contributed by atoms with E-state index in [4.69, 9.17) is 4.42 Å². The number of nitrogens with zero attached hydrogens (tertiary/aromatic N) is 2. The molecule has 2 fully saturated rings. The number of carbonyl (C=O) groups is 1. The Morgan fingerprint density at radius 2 is 2.00 bits per heavy atom. The van der Waals surface area contributed by atoms with E-state index in [0.717, 1.165) is 50.2 Å². The second-order valence-electron chi connectivity index (χ2n) is 8.78. The zero-order valence-electron chi connectivity index (χ0n) is 17.0. The SMILES string of the molecule is CN=C(NCc1ncc(C(C)(C)C)o1)NC1CCCC(C(=O)NC2CC2)C1. The quantitative estimate of drug-likeness (QED) is 0.543. The third-order valence-corrected chi connectivity index (χ3v) is 5.23. The van der Waals surface area contributed by atoms with Gasteiger partial charge in [0.2, 0.25) is 11.8 Å². The summed E-state index contributed by atoms with van der Waals surface area (Å²) in [5, 5.41) is 9.86. The molecule has 0 saturated heterocycles. The molecule has 0 spiro atoms. The van der Waals surface area contributed by atoms with Crippen molar-refractivity contribution in [2.45, 2.75) is 83.3 Å². The first-order chi connectivity index (χ1) is 12.8. The van der Waals surface area contributed by atoms with Crippen LogP contribution >= 0.6 is 0 Å². The monoisotopic (exact) mass is 375 g/mol. The van der Waals surface area contributed by atoms with Crippen molar-refractivity contribution < 1.29 is 9.21 Å². The molecule has 0 aliphatic heterocycles. The van der Waals surface area contributed by atoms with Gasteiger partial charge in [0.15, 0.2) is 5.96 Å². The smallest absolute Gasteiger partial charge is 0.223 e. The lowest BCUT2D eigenvalue weighted by Gasteiger charge is -2.30. The van der Waals surface area contributed by atoms with Crippen LogP contribution in [0.2, 0.25) is 0 Å². The number of aliphatic imine (C=N–C) groups is 1. The number of amides is 1. The highest BCUT2D eigenvalue weighted by Crippen LogP contribution is 2.27. The van der Waals surface area contributed by atoms with Gasteiger partial charge < -0.3 is 20.4 Å². The molecule has 150 valence electrons. The molecule has 2 atom stereocenters. The fraction of sp³-hybridized carbons (Fsp3) is 0.750. The van der Waals surface area contributed by atoms with Gasteiger partial charge in [0, 0.05) is 30.5 Å². The molecule has 0 aromatic carbocycles. The van der Waals surface area contributed by atoms with Crippen molar-refractivity contribution >= 4 is 11.9 Å². The summed E-state index contributed by atoms with van der Waals surface area (Å²) in [7, 11) is 1.76. The number of hydrogen-bond donors (Lipinski definition) is 3. The fourth-order valence-electron chi connectivity index (χ4n) is 3.39. The van der Waals surface area contributed by atoms with Crippen LogP contribution in [0.4, 0.5) is 0 Å². The lowest BCUT2D eigenvalue weighted by molar-refractivity contribution is -0.126. The highest BCUT2D eigenvalue weighted by atomic mass is 16.4. The lowest BCUT2D eigenvalue weighted by Crippen LogP contribution is -2.47. The maximum absolute atomic E-state index is 12.3. The first-order valence-electron chi connectivity index (χ1n) is 10.1. The van der Waals surface area contributed by atoms with Crippen molar-refractivity contribution in [1.82, 2.24) is 20.9 Å². The van der Waals surface area contributed by atoms with Crippen molar-refractivity contribution in [2.24, 2.45) is 10.9 Å². The summed E-state index contributed by atoms with van der Waals surface area (Å²) < 4.78 is 5.82. The molecule has 1 aromatic rings. The first kappa shape index (κ1) is 19.7. The molecule has 2 saturated carbocycles. The molecular formula is C20H33N5O2. The van der Waals surface area contributed by atoms with Crippen molar-refractivity contribution in [2.75, 3.05) is 7.05 Å². The van der Waals surface area contributed by atoms with Crippen molar-refractivity contribution in [3.05, 3.63) is 17.8 Å². The van der Waals surface area contributed by atoms with E-state index in [0.29, 0.717) is 18.5 Å². The molecule has 1 amide bonds. The zero-order chi connectivity index (χ0) is 19.4. The highest BCUT2D eigenvalue weighted by Gasteiger charge is 2.31. The van der Waals surface area contributed by atoms with Gasteiger partial charge in [0.1, 0.15) is 5.76 Å². The lowest BCUT2D eigenvalue weighted by atomic mass is 9.85. The van der Waals surface area contributed by atoms with Gasteiger partial charge in [0.05, 0.1) is 12.7 Å². The summed E-state index contributed by atoms with van der Waals surface area (Å²) in [6.07, 6.45) is 8.01. The molecule has 3 rings (SSSR count). The number of carbonyl (C=O) groups excluding carboxylic acids is 1. The Kier molecular flexibility index (Phi) is 6.07. The van der Waals surface area contributed by atoms with E-state index in [2.05, 4.69) is 46.7 Å². The van der Waals surface area contributed by atoms with E-state index in [1.165, 1.54) is 0 Å². The summed E-state index contributed by atoms with van der Waals surface area (Å²) in [6.45, 7) is 6.78. The van der Waals surface area contributed by atoms with Crippen LogP contribution < -0.4 is 16.0 Å². The minimum absolute atomic E-state index is 0.0523. The van der Waals surface area contributed by atoms with Crippen LogP contribution in [0.1, 0.15) is 70.9 Å². The molecule has 1 heterocycles. The Morgan fingerprint density at radius 3 is 2.63 bits per heavy atom. The van der Waals surface area contributed by atoms with E-state index in [1.807, 2.05) is 0 Å². The average molecular weight is 376 g/mol. The van der Waals surface area contributed by atoms with Gasteiger partial charge >= 0.3 is 0 Å². The first-order valence-corrected chi connectivity index (χ1v) is 10.1. The third-order valence-electron chi connectivity index (χ3n) is 5.23. The van der Waals surface area contributed by atoms with Gasteiger partial charge in [-0.25, -0.2) is 4.98 Å². The van der Waals surface area contributed by atoms with Crippen LogP contribution in [0, 0.1) is 5.92 Å². The van der Waals surface area contributed by atoms with Crippen LogP contribution in [-0.4, -0.2) is 36.0 Å². The molecule has 2 unspecified atom stereocenters. The second-order valence-corrected chi connectivity index (χ2v) is 8.78. The Hall–Kier alpha value is -2.05. The van der Waals surface area contributed by atoms with Crippen molar-refractivity contribution in [3.63, 3.8) is 0 Å². The molecule has 2 aliphatic carbocycles. The van der Waals surface area contributed by atoms with Gasteiger partial charge in [-0.05, 0) is 32.1 Å². The molecule has 27 heavy (non-hydrogen) atoms. The van der Waals surface area contributed by atoms with Crippen molar-refractivity contribution in [1.29, 1.82) is 0 Å². The molecule has 0 bridgehead atoms. The van der Waals surface area contributed by atoms with Gasteiger partial charge in [-0.3, -0.25) is 9.79 Å². The number of guanidine groups is 1. The Bertz CT molecular complexity index is 672. The predicted octanol–water partition coefficient (Wildman–Crippen LogP) is 2.47. The number of hydrogen-bond acceptors (Lipinski definition) is 4. The van der Waals surface area contributed by atoms with Crippen LogP contribution in [0.25, 0.3) is 0 Å². The van der Waals surface area contributed by atoms with E-state index >= 15 is 0 Å². The van der Waals surface area contributed by atoms with Gasteiger partial charge in [-0.2, -0.15) is 0 Å². The Morgan fingerprint density at radius 1 is 1.22 bits per heavy atom. The van der Waals surface area contributed by atoms with E-state index in [-0.39, 0.29) is 23.3 Å². The average Bonchev–Trinajstić information content (AvgIpc) is 3.30. The summed E-state index contributed by atoms with van der Waals surface area (Å²) in [4.78, 5) is 21.0. The maximum Gasteiger partial charge on any atom is 0.223 e. The van der Waals surface area contributed by atoms with Crippen LogP contribution in [-0.2, 0) is 16.8 Å². The second kappa shape index (κ2) is 8.31. The van der Waals surface area contributed by atoms with E-state index < -0.39 is 0 Å². The number of aromatic nitrogens is 1. The molecule has 7 nitrogen and oxygen atoms in total. The molecule has 0 radical (unpaired) electrons. The Balaban J connectivity index is 1.47. The predicted molar refractivity (Wildman–Crippen MR) is 105 cm³/mol. The van der Waals surface area contributed by atoms with E-state index in [1.54, 1.807) is 13.2 Å². The Labute approximate surface area is 161 Å². The minimum Gasteiger partial charge on any atom is -0.443 e. The van der Waals surface area contributed by atoms with Crippen LogP contribution in [0.3, 0.4) is 0 Å². The molecule has 2 aliphatic rings. The summed E-state index contributed by atoms with van der Waals surface area (Å²) in [5.41, 5.74) is -0.0523. The number of nitrogens with one attached hydrogen (secondary N) is 3. The summed E-state index contributed by atoms with van der Waals surface area (Å²) in [5.74, 6) is 2.57. The molecular weight excluding hydrogens is 342 g/mol. The summed E-state index contributed by atoms with van der Waals surface area (Å²) >= 11 is 0. The van der Waals surface area contributed by atoms with Crippen LogP contribution in [0.5, 0.6) is 0 Å². The maximum atomic E-state index is 12.3. The van der Waals surface area contributed by atoms with Gasteiger partial charge in [-0.15, -0.1) is 0 Å². The fourth-order valence-corrected chi connectivity index (χ4v) is 3.39. The number of oxazole rings is 1. The van der Waals surface area contributed by atoms with Gasteiger partial charge in [-0.1, -0.05) is 27.2 Å². The van der Waals surface area contributed by atoms with Crippen molar-refractivity contribution in [3.8, 4) is 0 Å². The number of rotatable bonds is 5. The summed E-state index contributed by atoms with van der Waals surface area (Å²) in [6, 6.07) is 0.689. The molecule has 1 aromatic heterocycles. The van der Waals surface area contributed by atoms with Gasteiger partial charge in [0.25, 0.3) is 0 Å². The zero-order valence-corrected chi connectivity index (χ0v) is 17.0. The third kappa shape index (κ3) is 5.71. The minimum atomic E-state index is -0.0523. The van der Waals surface area contributed by atoms with E-state index in [9.17, 15) is 4.79 Å².